The molecule has 2 amide bonds. The quantitative estimate of drug-likeness (QED) is 0.803. The van der Waals surface area contributed by atoms with Crippen molar-refractivity contribution in [1.82, 2.24) is 4.90 Å². The molecule has 0 unspecified atom stereocenters. The van der Waals surface area contributed by atoms with Gasteiger partial charge in [0.1, 0.15) is 5.75 Å². The zero-order valence-electron chi connectivity index (χ0n) is 12.9. The number of nitrogens with zero attached hydrogens (tertiary/aromatic N) is 1. The van der Waals surface area contributed by atoms with Crippen LogP contribution in [0.2, 0.25) is 0 Å². The predicted molar refractivity (Wildman–Crippen MR) is 81.9 cm³/mol. The number of nitrogens with two attached hydrogens (primary N) is 1. The molecule has 1 fully saturated rings. The average molecular weight is 320 g/mol. The van der Waals surface area contributed by atoms with E-state index in [1.165, 1.54) is 6.07 Å². The molecular formula is C16H20N2O5. The first-order valence-corrected chi connectivity index (χ1v) is 7.41. The van der Waals surface area contributed by atoms with Gasteiger partial charge in [0.15, 0.2) is 0 Å². The number of rotatable bonds is 6. The highest BCUT2D eigenvalue weighted by atomic mass is 16.5. The summed E-state index contributed by atoms with van der Waals surface area (Å²) in [6, 6.07) is 6.43. The second-order valence-electron chi connectivity index (χ2n) is 5.71. The summed E-state index contributed by atoms with van der Waals surface area (Å²) in [4.78, 5) is 35.8. The number of aliphatic carboxylic acids is 1. The van der Waals surface area contributed by atoms with Gasteiger partial charge in [-0.05, 0) is 24.1 Å². The van der Waals surface area contributed by atoms with Crippen molar-refractivity contribution in [3.63, 3.8) is 0 Å². The summed E-state index contributed by atoms with van der Waals surface area (Å²) >= 11 is 0. The van der Waals surface area contributed by atoms with Crippen LogP contribution in [0.1, 0.15) is 23.7 Å². The number of carbonyl (C=O) groups is 3. The smallest absolute Gasteiger partial charge is 0.308 e. The predicted octanol–water partition coefficient (Wildman–Crippen LogP) is 0.733. The van der Waals surface area contributed by atoms with E-state index in [1.54, 1.807) is 23.1 Å². The number of carboxylic acids is 1. The largest absolute Gasteiger partial charge is 0.493 e. The van der Waals surface area contributed by atoms with E-state index in [-0.39, 0.29) is 31.4 Å². The zero-order chi connectivity index (χ0) is 17.0. The Labute approximate surface area is 134 Å². The van der Waals surface area contributed by atoms with E-state index in [9.17, 15) is 14.4 Å². The highest BCUT2D eigenvalue weighted by Crippen LogP contribution is 2.23. The van der Waals surface area contributed by atoms with Crippen LogP contribution in [0.4, 0.5) is 0 Å². The lowest BCUT2D eigenvalue weighted by Gasteiger charge is -2.16. The van der Waals surface area contributed by atoms with Crippen LogP contribution in [-0.4, -0.2) is 47.5 Å². The van der Waals surface area contributed by atoms with Gasteiger partial charge in [-0.3, -0.25) is 14.4 Å². The molecule has 2 atom stereocenters. The summed E-state index contributed by atoms with van der Waals surface area (Å²) in [6.07, 6.45) is 0.153. The molecule has 7 heteroatoms. The van der Waals surface area contributed by atoms with Gasteiger partial charge in [-0.2, -0.15) is 0 Å². The van der Waals surface area contributed by atoms with Crippen molar-refractivity contribution in [3.8, 4) is 5.75 Å². The topological polar surface area (TPSA) is 110 Å². The summed E-state index contributed by atoms with van der Waals surface area (Å²) < 4.78 is 5.46. The number of hydrogen-bond acceptors (Lipinski definition) is 4. The van der Waals surface area contributed by atoms with E-state index < -0.39 is 17.8 Å². The van der Waals surface area contributed by atoms with Crippen molar-refractivity contribution >= 4 is 17.8 Å². The van der Waals surface area contributed by atoms with Crippen molar-refractivity contribution in [3.05, 3.63) is 29.8 Å². The Morgan fingerprint density at radius 2 is 2.09 bits per heavy atom. The van der Waals surface area contributed by atoms with Gasteiger partial charge < -0.3 is 20.5 Å². The van der Waals surface area contributed by atoms with Gasteiger partial charge in [-0.15, -0.1) is 0 Å². The van der Waals surface area contributed by atoms with Crippen molar-refractivity contribution < 1.29 is 24.2 Å². The van der Waals surface area contributed by atoms with Crippen molar-refractivity contribution in [2.75, 3.05) is 19.7 Å². The molecule has 0 radical (unpaired) electrons. The fraction of sp³-hybridized carbons (Fsp3) is 0.438. The molecule has 1 aromatic rings. The Morgan fingerprint density at radius 1 is 1.35 bits per heavy atom. The van der Waals surface area contributed by atoms with Crippen LogP contribution >= 0.6 is 0 Å². The van der Waals surface area contributed by atoms with Crippen LogP contribution in [0.15, 0.2) is 24.3 Å². The van der Waals surface area contributed by atoms with Crippen LogP contribution in [0.25, 0.3) is 0 Å². The fourth-order valence-electron chi connectivity index (χ4n) is 2.65. The van der Waals surface area contributed by atoms with Gasteiger partial charge in [0.2, 0.25) is 11.8 Å². The molecule has 1 saturated heterocycles. The molecule has 7 nitrogen and oxygen atoms in total. The second kappa shape index (κ2) is 7.13. The molecule has 1 heterocycles. The van der Waals surface area contributed by atoms with Crippen LogP contribution in [-0.2, 0) is 9.59 Å². The van der Waals surface area contributed by atoms with Gasteiger partial charge in [-0.25, -0.2) is 0 Å². The van der Waals surface area contributed by atoms with Crippen LogP contribution in [0.3, 0.4) is 0 Å². The molecule has 2 rings (SSSR count). The monoisotopic (exact) mass is 320 g/mol. The molecule has 1 aliphatic rings. The summed E-state index contributed by atoms with van der Waals surface area (Å²) in [7, 11) is 0. The molecule has 1 aromatic carbocycles. The van der Waals surface area contributed by atoms with E-state index in [4.69, 9.17) is 15.6 Å². The molecule has 0 bridgehead atoms. The third-order valence-electron chi connectivity index (χ3n) is 3.99. The van der Waals surface area contributed by atoms with Gasteiger partial charge in [0.25, 0.3) is 0 Å². The Morgan fingerprint density at radius 3 is 2.70 bits per heavy atom. The van der Waals surface area contributed by atoms with E-state index in [0.717, 1.165) is 0 Å². The molecule has 124 valence electrons. The van der Waals surface area contributed by atoms with Crippen LogP contribution in [0.5, 0.6) is 5.75 Å². The summed E-state index contributed by atoms with van der Waals surface area (Å²) in [5.41, 5.74) is 5.53. The first kappa shape index (κ1) is 16.8. The lowest BCUT2D eigenvalue weighted by atomic mass is 9.99. The molecule has 23 heavy (non-hydrogen) atoms. The first-order chi connectivity index (χ1) is 10.9. The van der Waals surface area contributed by atoms with Crippen molar-refractivity contribution in [2.24, 2.45) is 17.6 Å². The molecule has 0 aliphatic carbocycles. The van der Waals surface area contributed by atoms with Crippen molar-refractivity contribution in [1.29, 1.82) is 0 Å². The summed E-state index contributed by atoms with van der Waals surface area (Å²) in [6.45, 7) is 2.68. The number of amides is 2. The third kappa shape index (κ3) is 4.21. The molecular weight excluding hydrogens is 300 g/mol. The number of primary amides is 1. The lowest BCUT2D eigenvalue weighted by Crippen LogP contribution is -2.30. The number of carboxylic acid groups (broad SMARTS) is 1. The van der Waals surface area contributed by atoms with Crippen LogP contribution < -0.4 is 10.5 Å². The Kier molecular flexibility index (Phi) is 5.20. The maximum Gasteiger partial charge on any atom is 0.308 e. The first-order valence-electron chi connectivity index (χ1n) is 7.41. The Balaban J connectivity index is 1.83. The SMILES string of the molecule is C[C@@H]1CN(C(=O)CCOc2cccc(C(N)=O)c2)C[C@H]1C(=O)O. The van der Waals surface area contributed by atoms with E-state index in [2.05, 4.69) is 0 Å². The van der Waals surface area contributed by atoms with E-state index in [1.807, 2.05) is 6.92 Å². The highest BCUT2D eigenvalue weighted by molar-refractivity contribution is 5.93. The van der Waals surface area contributed by atoms with Gasteiger partial charge in [-0.1, -0.05) is 13.0 Å². The van der Waals surface area contributed by atoms with E-state index in [0.29, 0.717) is 17.9 Å². The van der Waals surface area contributed by atoms with Crippen molar-refractivity contribution in [2.45, 2.75) is 13.3 Å². The normalized spacial score (nSPS) is 20.3. The number of likely N-dealkylation sites (tertiary alicyclic amines) is 1. The second-order valence-corrected chi connectivity index (χ2v) is 5.71. The maximum atomic E-state index is 12.1. The number of ether oxygens (including phenoxy) is 1. The maximum absolute atomic E-state index is 12.1. The summed E-state index contributed by atoms with van der Waals surface area (Å²) in [5.74, 6) is -1.64. The van der Waals surface area contributed by atoms with E-state index >= 15 is 0 Å². The number of benzene rings is 1. The zero-order valence-corrected chi connectivity index (χ0v) is 12.9. The number of hydrogen-bond donors (Lipinski definition) is 2. The summed E-state index contributed by atoms with van der Waals surface area (Å²) in [5, 5.41) is 9.08. The van der Waals surface area contributed by atoms with Gasteiger partial charge >= 0.3 is 5.97 Å². The Bertz CT molecular complexity index is 616. The molecule has 1 aliphatic heterocycles. The fourth-order valence-corrected chi connectivity index (χ4v) is 2.65. The minimum atomic E-state index is -0.868. The average Bonchev–Trinajstić information content (AvgIpc) is 2.89. The van der Waals surface area contributed by atoms with Crippen LogP contribution in [0, 0.1) is 11.8 Å². The molecule has 0 spiro atoms. The minimum Gasteiger partial charge on any atom is -0.493 e. The number of carbonyl (C=O) groups excluding carboxylic acids is 2. The standard InChI is InChI=1S/C16H20N2O5/c1-10-8-18(9-13(10)16(21)22)14(19)5-6-23-12-4-2-3-11(7-12)15(17)20/h2-4,7,10,13H,5-6,8-9H2,1H3,(H2,17,20)(H,21,22)/t10-,13-/m1/s1. The molecule has 0 aromatic heterocycles. The Hall–Kier alpha value is -2.57. The van der Waals surface area contributed by atoms with Gasteiger partial charge in [0.05, 0.1) is 18.9 Å². The van der Waals surface area contributed by atoms with Gasteiger partial charge in [0, 0.05) is 18.7 Å². The third-order valence-corrected chi connectivity index (χ3v) is 3.99. The molecule has 3 N–H and O–H groups in total. The lowest BCUT2D eigenvalue weighted by molar-refractivity contribution is -0.142. The minimum absolute atomic E-state index is 0.0513. The molecule has 0 saturated carbocycles. The highest BCUT2D eigenvalue weighted by Gasteiger charge is 2.36.